The van der Waals surface area contributed by atoms with E-state index in [1.54, 1.807) is 55.5 Å². The van der Waals surface area contributed by atoms with E-state index in [1.807, 2.05) is 0 Å². The Morgan fingerprint density at radius 2 is 1.54 bits per heavy atom. The molecule has 0 aliphatic heterocycles. The van der Waals surface area contributed by atoms with Crippen LogP contribution in [-0.2, 0) is 16.1 Å². The summed E-state index contributed by atoms with van der Waals surface area (Å²) < 4.78 is 10.2. The van der Waals surface area contributed by atoms with Crippen molar-refractivity contribution in [2.75, 3.05) is 7.11 Å². The van der Waals surface area contributed by atoms with E-state index in [-0.39, 0.29) is 11.7 Å². The maximum Gasteiger partial charge on any atom is 0.337 e. The normalized spacial score (nSPS) is 11.3. The van der Waals surface area contributed by atoms with Gasteiger partial charge < -0.3 is 14.8 Å². The smallest absolute Gasteiger partial charge is 0.337 e. The molecule has 0 fully saturated rings. The van der Waals surface area contributed by atoms with Crippen LogP contribution in [-0.4, -0.2) is 30.9 Å². The van der Waals surface area contributed by atoms with Gasteiger partial charge in [0.25, 0.3) is 5.91 Å². The first-order valence-corrected chi connectivity index (χ1v) is 8.13. The molecular formula is C20H21NO5. The average molecular weight is 355 g/mol. The van der Waals surface area contributed by atoms with E-state index in [0.717, 1.165) is 5.56 Å². The van der Waals surface area contributed by atoms with Gasteiger partial charge in [0.05, 0.1) is 12.7 Å². The van der Waals surface area contributed by atoms with E-state index in [0.29, 0.717) is 23.4 Å². The Balaban J connectivity index is 1.86. The highest BCUT2D eigenvalue weighted by Gasteiger charge is 2.14. The number of methoxy groups -OCH3 is 1. The quantitative estimate of drug-likeness (QED) is 0.610. The molecule has 6 nitrogen and oxygen atoms in total. The van der Waals surface area contributed by atoms with E-state index in [9.17, 15) is 14.4 Å². The zero-order valence-corrected chi connectivity index (χ0v) is 14.9. The molecule has 0 aliphatic rings. The van der Waals surface area contributed by atoms with E-state index in [1.165, 1.54) is 14.0 Å². The van der Waals surface area contributed by atoms with Gasteiger partial charge in [-0.15, -0.1) is 0 Å². The number of rotatable bonds is 7. The Hall–Kier alpha value is -3.15. The molecule has 0 aromatic heterocycles. The first-order chi connectivity index (χ1) is 12.4. The zero-order valence-electron chi connectivity index (χ0n) is 14.9. The molecule has 0 saturated heterocycles. The summed E-state index contributed by atoms with van der Waals surface area (Å²) in [5.74, 6) is -0.184. The second-order valence-corrected chi connectivity index (χ2v) is 5.75. The van der Waals surface area contributed by atoms with Crippen LogP contribution < -0.4 is 10.1 Å². The van der Waals surface area contributed by atoms with Crippen molar-refractivity contribution >= 4 is 17.7 Å². The highest BCUT2D eigenvalue weighted by atomic mass is 16.5. The number of hydrogen-bond donors (Lipinski definition) is 1. The Bertz CT molecular complexity index is 781. The first-order valence-electron chi connectivity index (χ1n) is 8.13. The lowest BCUT2D eigenvalue weighted by Gasteiger charge is -2.15. The fourth-order valence-electron chi connectivity index (χ4n) is 2.24. The lowest BCUT2D eigenvalue weighted by molar-refractivity contribution is -0.127. The minimum atomic E-state index is -0.687. The van der Waals surface area contributed by atoms with E-state index < -0.39 is 12.1 Å². The third-order valence-corrected chi connectivity index (χ3v) is 3.78. The standard InChI is InChI=1S/C20H21NO5/c1-13(22)16-8-10-18(11-9-16)26-14(2)19(23)21-12-15-4-6-17(7-5-15)20(24)25-3/h4-11,14H,12H2,1-3H3,(H,21,23). The number of esters is 1. The van der Waals surface area contributed by atoms with Gasteiger partial charge in [-0.3, -0.25) is 9.59 Å². The predicted molar refractivity (Wildman–Crippen MR) is 96.2 cm³/mol. The SMILES string of the molecule is COC(=O)c1ccc(CNC(=O)C(C)Oc2ccc(C(C)=O)cc2)cc1. The number of hydrogen-bond acceptors (Lipinski definition) is 5. The molecular weight excluding hydrogens is 334 g/mol. The van der Waals surface area contributed by atoms with E-state index in [4.69, 9.17) is 4.74 Å². The van der Waals surface area contributed by atoms with Gasteiger partial charge in [0.2, 0.25) is 0 Å². The summed E-state index contributed by atoms with van der Waals surface area (Å²) in [6, 6.07) is 13.4. The fraction of sp³-hybridized carbons (Fsp3) is 0.250. The second kappa shape index (κ2) is 8.80. The number of carbonyl (C=O) groups excluding carboxylic acids is 3. The molecule has 1 amide bonds. The van der Waals surface area contributed by atoms with E-state index in [2.05, 4.69) is 10.1 Å². The Morgan fingerprint density at radius 3 is 2.08 bits per heavy atom. The van der Waals surface area contributed by atoms with Crippen molar-refractivity contribution in [3.63, 3.8) is 0 Å². The second-order valence-electron chi connectivity index (χ2n) is 5.75. The first kappa shape index (κ1) is 19.2. The minimum absolute atomic E-state index is 0.0273. The molecule has 0 heterocycles. The molecule has 0 aliphatic carbocycles. The van der Waals surface area contributed by atoms with Crippen LogP contribution in [0.25, 0.3) is 0 Å². The van der Waals surface area contributed by atoms with Crippen molar-refractivity contribution in [1.29, 1.82) is 0 Å². The maximum atomic E-state index is 12.2. The summed E-state index contributed by atoms with van der Waals surface area (Å²) in [6.07, 6.45) is -0.687. The van der Waals surface area contributed by atoms with Crippen molar-refractivity contribution < 1.29 is 23.9 Å². The third kappa shape index (κ3) is 5.17. The van der Waals surface area contributed by atoms with Gasteiger partial charge in [-0.1, -0.05) is 12.1 Å². The van der Waals surface area contributed by atoms with Crippen LogP contribution in [0.5, 0.6) is 5.75 Å². The number of Topliss-reactive ketones (excluding diaryl/α,β-unsaturated/α-hetero) is 1. The molecule has 1 N–H and O–H groups in total. The van der Waals surface area contributed by atoms with Crippen LogP contribution in [0.2, 0.25) is 0 Å². The number of amides is 1. The molecule has 0 bridgehead atoms. The fourth-order valence-corrected chi connectivity index (χ4v) is 2.24. The zero-order chi connectivity index (χ0) is 19.1. The van der Waals surface area contributed by atoms with E-state index >= 15 is 0 Å². The van der Waals surface area contributed by atoms with Gasteiger partial charge in [0, 0.05) is 12.1 Å². The topological polar surface area (TPSA) is 81.7 Å². The van der Waals surface area contributed by atoms with Crippen LogP contribution in [0, 0.1) is 0 Å². The molecule has 0 radical (unpaired) electrons. The van der Waals surface area contributed by atoms with Crippen LogP contribution >= 0.6 is 0 Å². The van der Waals surface area contributed by atoms with Gasteiger partial charge in [-0.05, 0) is 55.8 Å². The average Bonchev–Trinajstić information content (AvgIpc) is 2.66. The van der Waals surface area contributed by atoms with Gasteiger partial charge in [-0.25, -0.2) is 4.79 Å². The summed E-state index contributed by atoms with van der Waals surface area (Å²) in [5.41, 5.74) is 1.89. The maximum absolute atomic E-state index is 12.2. The molecule has 1 atom stereocenters. The van der Waals surface area contributed by atoms with Crippen LogP contribution in [0.3, 0.4) is 0 Å². The van der Waals surface area contributed by atoms with Crippen molar-refractivity contribution in [3.8, 4) is 5.75 Å². The lowest BCUT2D eigenvalue weighted by Crippen LogP contribution is -2.35. The highest BCUT2D eigenvalue weighted by Crippen LogP contribution is 2.14. The minimum Gasteiger partial charge on any atom is -0.481 e. The van der Waals surface area contributed by atoms with Gasteiger partial charge >= 0.3 is 5.97 Å². The highest BCUT2D eigenvalue weighted by molar-refractivity contribution is 5.94. The van der Waals surface area contributed by atoms with Crippen LogP contribution in [0.1, 0.15) is 40.1 Å². The number of ketones is 1. The summed E-state index contributed by atoms with van der Waals surface area (Å²) in [4.78, 5) is 34.8. The Kier molecular flexibility index (Phi) is 6.49. The summed E-state index contributed by atoms with van der Waals surface area (Å²) in [6.45, 7) is 3.45. The van der Waals surface area contributed by atoms with Gasteiger partial charge in [0.1, 0.15) is 5.75 Å². The summed E-state index contributed by atoms with van der Waals surface area (Å²) >= 11 is 0. The van der Waals surface area contributed by atoms with Crippen LogP contribution in [0.15, 0.2) is 48.5 Å². The molecule has 1 unspecified atom stereocenters. The summed E-state index contributed by atoms with van der Waals surface area (Å²) in [7, 11) is 1.32. The van der Waals surface area contributed by atoms with Gasteiger partial charge in [0.15, 0.2) is 11.9 Å². The lowest BCUT2D eigenvalue weighted by atomic mass is 10.1. The van der Waals surface area contributed by atoms with Crippen molar-refractivity contribution in [1.82, 2.24) is 5.32 Å². The van der Waals surface area contributed by atoms with Gasteiger partial charge in [-0.2, -0.15) is 0 Å². The Labute approximate surface area is 152 Å². The molecule has 0 saturated carbocycles. The largest absolute Gasteiger partial charge is 0.481 e. The number of nitrogens with one attached hydrogen (secondary N) is 1. The number of benzene rings is 2. The summed E-state index contributed by atoms with van der Waals surface area (Å²) in [5, 5.41) is 2.78. The molecule has 2 rings (SSSR count). The van der Waals surface area contributed by atoms with Crippen molar-refractivity contribution in [2.45, 2.75) is 26.5 Å². The molecule has 26 heavy (non-hydrogen) atoms. The number of ether oxygens (including phenoxy) is 2. The molecule has 136 valence electrons. The van der Waals surface area contributed by atoms with Crippen molar-refractivity contribution in [2.24, 2.45) is 0 Å². The molecule has 2 aromatic rings. The monoisotopic (exact) mass is 355 g/mol. The molecule has 2 aromatic carbocycles. The molecule has 0 spiro atoms. The predicted octanol–water partition coefficient (Wildman–Crippen LogP) is 2.76. The Morgan fingerprint density at radius 1 is 0.962 bits per heavy atom. The number of carbonyl (C=O) groups is 3. The van der Waals surface area contributed by atoms with Crippen molar-refractivity contribution in [3.05, 3.63) is 65.2 Å². The molecule has 6 heteroatoms. The van der Waals surface area contributed by atoms with Crippen LogP contribution in [0.4, 0.5) is 0 Å². The third-order valence-electron chi connectivity index (χ3n) is 3.78.